The van der Waals surface area contributed by atoms with Crippen molar-refractivity contribution in [1.29, 1.82) is 0 Å². The van der Waals surface area contributed by atoms with Crippen molar-refractivity contribution in [1.82, 2.24) is 0 Å². The van der Waals surface area contributed by atoms with E-state index in [1.807, 2.05) is 13.0 Å². The van der Waals surface area contributed by atoms with Crippen molar-refractivity contribution >= 4 is 0 Å². The highest BCUT2D eigenvalue weighted by molar-refractivity contribution is 5.27. The van der Waals surface area contributed by atoms with Gasteiger partial charge in [-0.3, -0.25) is 0 Å². The Morgan fingerprint density at radius 2 is 1.94 bits per heavy atom. The topological polar surface area (TPSA) is 26.0 Å². The molecule has 0 fully saturated rings. The van der Waals surface area contributed by atoms with Gasteiger partial charge in [0.1, 0.15) is 5.82 Å². The minimum absolute atomic E-state index is 0.142. The van der Waals surface area contributed by atoms with Crippen molar-refractivity contribution in [2.45, 2.75) is 46.1 Å². The van der Waals surface area contributed by atoms with Gasteiger partial charge in [0, 0.05) is 6.04 Å². The number of halogens is 1. The Labute approximate surface area is 97.9 Å². The summed E-state index contributed by atoms with van der Waals surface area (Å²) in [5, 5.41) is 0. The van der Waals surface area contributed by atoms with Crippen LogP contribution in [0.15, 0.2) is 18.2 Å². The van der Waals surface area contributed by atoms with Gasteiger partial charge in [-0.2, -0.15) is 0 Å². The summed E-state index contributed by atoms with van der Waals surface area (Å²) < 4.78 is 13.1. The second-order valence-electron chi connectivity index (χ2n) is 5.01. The first-order chi connectivity index (χ1) is 7.49. The van der Waals surface area contributed by atoms with Gasteiger partial charge >= 0.3 is 0 Å². The monoisotopic (exact) mass is 223 g/mol. The summed E-state index contributed by atoms with van der Waals surface area (Å²) in [5.41, 5.74) is 8.22. The quantitative estimate of drug-likeness (QED) is 0.813. The van der Waals surface area contributed by atoms with Crippen LogP contribution in [0, 0.1) is 18.7 Å². The predicted molar refractivity (Wildman–Crippen MR) is 66.9 cm³/mol. The molecule has 2 heteroatoms. The maximum Gasteiger partial charge on any atom is 0.123 e. The molecule has 1 rings (SSSR count). The van der Waals surface area contributed by atoms with Gasteiger partial charge in [-0.1, -0.05) is 19.9 Å². The summed E-state index contributed by atoms with van der Waals surface area (Å²) in [6.45, 7) is 6.39. The Bertz CT molecular complexity index is 334. The van der Waals surface area contributed by atoms with Crippen molar-refractivity contribution in [2.24, 2.45) is 11.7 Å². The Balaban J connectivity index is 2.55. The molecule has 0 saturated heterocycles. The van der Waals surface area contributed by atoms with E-state index in [9.17, 15) is 4.39 Å². The van der Waals surface area contributed by atoms with Gasteiger partial charge in [-0.15, -0.1) is 0 Å². The Morgan fingerprint density at radius 3 is 2.56 bits per heavy atom. The molecule has 0 saturated carbocycles. The summed E-state index contributed by atoms with van der Waals surface area (Å²) >= 11 is 0. The largest absolute Gasteiger partial charge is 0.327 e. The first-order valence-corrected chi connectivity index (χ1v) is 5.99. The third-order valence-corrected chi connectivity index (χ3v) is 2.91. The van der Waals surface area contributed by atoms with Crippen LogP contribution in [0.5, 0.6) is 0 Å². The fourth-order valence-electron chi connectivity index (χ4n) is 1.79. The maximum absolute atomic E-state index is 13.1. The van der Waals surface area contributed by atoms with Crippen molar-refractivity contribution < 1.29 is 4.39 Å². The van der Waals surface area contributed by atoms with Gasteiger partial charge in [0.05, 0.1) is 0 Å². The van der Waals surface area contributed by atoms with Gasteiger partial charge in [0.25, 0.3) is 0 Å². The molecule has 2 N–H and O–H groups in total. The van der Waals surface area contributed by atoms with E-state index in [2.05, 4.69) is 13.8 Å². The van der Waals surface area contributed by atoms with Crippen molar-refractivity contribution in [3.63, 3.8) is 0 Å². The van der Waals surface area contributed by atoms with Gasteiger partial charge < -0.3 is 5.73 Å². The van der Waals surface area contributed by atoms with E-state index >= 15 is 0 Å². The molecule has 1 nitrogen and oxygen atoms in total. The predicted octanol–water partition coefficient (Wildman–Crippen LogP) is 3.44. The number of nitrogens with two attached hydrogens (primary N) is 1. The molecule has 0 spiro atoms. The van der Waals surface area contributed by atoms with Crippen LogP contribution in [0.25, 0.3) is 0 Å². The first-order valence-electron chi connectivity index (χ1n) is 5.99. The van der Waals surface area contributed by atoms with Crippen LogP contribution in [-0.4, -0.2) is 6.04 Å². The molecule has 0 aliphatic carbocycles. The van der Waals surface area contributed by atoms with E-state index < -0.39 is 0 Å². The number of hydrogen-bond acceptors (Lipinski definition) is 1. The molecule has 0 amide bonds. The van der Waals surface area contributed by atoms with Gasteiger partial charge in [-0.25, -0.2) is 4.39 Å². The van der Waals surface area contributed by atoms with E-state index in [0.717, 1.165) is 30.4 Å². The molecular formula is C14H22FN. The highest BCUT2D eigenvalue weighted by Gasteiger charge is 2.08. The zero-order valence-electron chi connectivity index (χ0n) is 10.5. The molecule has 0 radical (unpaired) electrons. The van der Waals surface area contributed by atoms with Crippen LogP contribution in [-0.2, 0) is 6.42 Å². The first kappa shape index (κ1) is 13.2. The van der Waals surface area contributed by atoms with Gasteiger partial charge in [0.15, 0.2) is 0 Å². The summed E-state index contributed by atoms with van der Waals surface area (Å²) in [7, 11) is 0. The fourth-order valence-corrected chi connectivity index (χ4v) is 1.79. The zero-order chi connectivity index (χ0) is 12.1. The Morgan fingerprint density at radius 1 is 1.25 bits per heavy atom. The van der Waals surface area contributed by atoms with Crippen molar-refractivity contribution in [2.75, 3.05) is 0 Å². The van der Waals surface area contributed by atoms with Crippen LogP contribution in [0.3, 0.4) is 0 Å². The van der Waals surface area contributed by atoms with E-state index in [-0.39, 0.29) is 11.9 Å². The van der Waals surface area contributed by atoms with Gasteiger partial charge in [-0.05, 0) is 55.4 Å². The highest BCUT2D eigenvalue weighted by atomic mass is 19.1. The van der Waals surface area contributed by atoms with Crippen LogP contribution >= 0.6 is 0 Å². The molecule has 0 aliphatic heterocycles. The SMILES string of the molecule is Cc1ccc(F)cc1CC(N)CCC(C)C. The van der Waals surface area contributed by atoms with E-state index in [0.29, 0.717) is 5.92 Å². The molecule has 0 heterocycles. The smallest absolute Gasteiger partial charge is 0.123 e. The number of rotatable bonds is 5. The average molecular weight is 223 g/mol. The molecule has 1 aromatic carbocycles. The lowest BCUT2D eigenvalue weighted by Gasteiger charge is -2.14. The van der Waals surface area contributed by atoms with Crippen LogP contribution < -0.4 is 5.73 Å². The maximum atomic E-state index is 13.1. The molecule has 90 valence electrons. The van der Waals surface area contributed by atoms with E-state index in [4.69, 9.17) is 5.73 Å². The molecule has 0 aliphatic rings. The molecule has 0 aromatic heterocycles. The average Bonchev–Trinajstić information content (AvgIpc) is 2.20. The minimum Gasteiger partial charge on any atom is -0.327 e. The molecule has 1 unspecified atom stereocenters. The lowest BCUT2D eigenvalue weighted by Crippen LogP contribution is -2.23. The summed E-state index contributed by atoms with van der Waals surface area (Å²) in [6.07, 6.45) is 2.92. The Kier molecular flexibility index (Phi) is 4.94. The highest BCUT2D eigenvalue weighted by Crippen LogP contribution is 2.14. The second kappa shape index (κ2) is 6.00. The third kappa shape index (κ3) is 4.31. The molecular weight excluding hydrogens is 201 g/mol. The molecule has 16 heavy (non-hydrogen) atoms. The number of aryl methyl sites for hydroxylation is 1. The Hall–Kier alpha value is -0.890. The zero-order valence-corrected chi connectivity index (χ0v) is 10.5. The van der Waals surface area contributed by atoms with E-state index in [1.165, 1.54) is 6.07 Å². The van der Waals surface area contributed by atoms with Gasteiger partial charge in [0.2, 0.25) is 0 Å². The lowest BCUT2D eigenvalue weighted by atomic mass is 9.96. The van der Waals surface area contributed by atoms with Crippen LogP contribution in [0.4, 0.5) is 4.39 Å². The summed E-state index contributed by atoms with van der Waals surface area (Å²) in [5.74, 6) is 0.510. The van der Waals surface area contributed by atoms with Crippen LogP contribution in [0.1, 0.15) is 37.8 Å². The summed E-state index contributed by atoms with van der Waals surface area (Å²) in [6, 6.07) is 5.06. The van der Waals surface area contributed by atoms with Crippen molar-refractivity contribution in [3.8, 4) is 0 Å². The third-order valence-electron chi connectivity index (χ3n) is 2.91. The normalized spacial score (nSPS) is 13.1. The lowest BCUT2D eigenvalue weighted by molar-refractivity contribution is 0.493. The standard InChI is InChI=1S/C14H22FN/c1-10(2)4-7-14(16)9-12-8-13(15)6-5-11(12)3/h5-6,8,10,14H,4,7,9,16H2,1-3H3. The number of benzene rings is 1. The molecule has 1 atom stereocenters. The minimum atomic E-state index is -0.170. The second-order valence-corrected chi connectivity index (χ2v) is 5.01. The number of hydrogen-bond donors (Lipinski definition) is 1. The van der Waals surface area contributed by atoms with E-state index in [1.54, 1.807) is 6.07 Å². The van der Waals surface area contributed by atoms with Crippen molar-refractivity contribution in [3.05, 3.63) is 35.1 Å². The molecule has 0 bridgehead atoms. The van der Waals surface area contributed by atoms with Crippen LogP contribution in [0.2, 0.25) is 0 Å². The molecule has 1 aromatic rings. The fraction of sp³-hybridized carbons (Fsp3) is 0.571. The summed E-state index contributed by atoms with van der Waals surface area (Å²) in [4.78, 5) is 0.